The van der Waals surface area contributed by atoms with Gasteiger partial charge in [-0.3, -0.25) is 4.68 Å². The molecule has 3 heteroatoms. The van der Waals surface area contributed by atoms with Crippen LogP contribution in [-0.2, 0) is 7.05 Å². The third-order valence-electron chi connectivity index (χ3n) is 4.14. The van der Waals surface area contributed by atoms with Gasteiger partial charge in [-0.2, -0.15) is 5.10 Å². The molecule has 1 aliphatic rings. The van der Waals surface area contributed by atoms with Crippen LogP contribution in [0.4, 0.5) is 0 Å². The molecule has 1 saturated carbocycles. The lowest BCUT2D eigenvalue weighted by molar-refractivity contribution is 0.152. The molecule has 0 saturated heterocycles. The van der Waals surface area contributed by atoms with E-state index < -0.39 is 0 Å². The van der Waals surface area contributed by atoms with E-state index in [-0.39, 0.29) is 0 Å². The third kappa shape index (κ3) is 2.14. The fourth-order valence-electron chi connectivity index (χ4n) is 2.41. The maximum absolute atomic E-state index is 4.29. The number of rotatable bonds is 4. The Bertz CT molecular complexity index is 363. The molecule has 1 aliphatic carbocycles. The lowest BCUT2D eigenvalue weighted by Crippen LogP contribution is -2.38. The first kappa shape index (κ1) is 11.6. The summed E-state index contributed by atoms with van der Waals surface area (Å²) in [7, 11) is 2.00. The summed E-state index contributed by atoms with van der Waals surface area (Å²) < 4.78 is 1.94. The number of aryl methyl sites for hydroxylation is 1. The molecule has 0 spiro atoms. The summed E-state index contributed by atoms with van der Waals surface area (Å²) in [6.07, 6.45) is 6.13. The minimum absolute atomic E-state index is 0.408. The van der Waals surface area contributed by atoms with Crippen molar-refractivity contribution in [1.29, 1.82) is 0 Å². The Morgan fingerprint density at radius 1 is 1.56 bits per heavy atom. The number of nitrogens with one attached hydrogen (secondary N) is 1. The van der Waals surface area contributed by atoms with Crippen molar-refractivity contribution in [3.63, 3.8) is 0 Å². The maximum atomic E-state index is 4.29. The molecule has 0 aromatic carbocycles. The van der Waals surface area contributed by atoms with Gasteiger partial charge in [0.05, 0.1) is 6.20 Å². The zero-order chi connectivity index (χ0) is 11.8. The quantitative estimate of drug-likeness (QED) is 0.847. The van der Waals surface area contributed by atoms with Crippen molar-refractivity contribution >= 4 is 0 Å². The smallest absolute Gasteiger partial charge is 0.0540 e. The van der Waals surface area contributed by atoms with Gasteiger partial charge in [0, 0.05) is 30.9 Å². The highest BCUT2D eigenvalue weighted by Crippen LogP contribution is 2.39. The molecule has 16 heavy (non-hydrogen) atoms. The first-order valence-corrected chi connectivity index (χ1v) is 6.24. The van der Waals surface area contributed by atoms with Crippen LogP contribution in [-0.4, -0.2) is 16.3 Å². The Kier molecular flexibility index (Phi) is 3.06. The summed E-state index contributed by atoms with van der Waals surface area (Å²) in [5, 5.41) is 7.93. The van der Waals surface area contributed by atoms with E-state index in [0.717, 1.165) is 6.54 Å². The van der Waals surface area contributed by atoms with E-state index in [1.54, 1.807) is 0 Å². The van der Waals surface area contributed by atoms with Crippen LogP contribution >= 0.6 is 0 Å². The highest BCUT2D eigenvalue weighted by atomic mass is 15.3. The monoisotopic (exact) mass is 221 g/mol. The van der Waals surface area contributed by atoms with Gasteiger partial charge in [0.25, 0.3) is 0 Å². The van der Waals surface area contributed by atoms with Crippen molar-refractivity contribution in [2.45, 2.75) is 46.1 Å². The van der Waals surface area contributed by atoms with Gasteiger partial charge in [0.1, 0.15) is 0 Å². The van der Waals surface area contributed by atoms with Gasteiger partial charge in [-0.15, -0.1) is 0 Å². The van der Waals surface area contributed by atoms with Crippen LogP contribution in [0.15, 0.2) is 6.20 Å². The zero-order valence-corrected chi connectivity index (χ0v) is 10.9. The van der Waals surface area contributed by atoms with Gasteiger partial charge in [0.15, 0.2) is 0 Å². The van der Waals surface area contributed by atoms with E-state index in [0.29, 0.717) is 11.5 Å². The lowest BCUT2D eigenvalue weighted by atomic mass is 9.70. The summed E-state index contributed by atoms with van der Waals surface area (Å²) in [6.45, 7) is 7.87. The number of aromatic nitrogens is 2. The molecular formula is C13H23N3. The summed E-state index contributed by atoms with van der Waals surface area (Å²) in [6, 6.07) is 0.408. The van der Waals surface area contributed by atoms with Crippen LogP contribution < -0.4 is 5.32 Å². The molecule has 0 bridgehead atoms. The van der Waals surface area contributed by atoms with Gasteiger partial charge in [0.2, 0.25) is 0 Å². The second kappa shape index (κ2) is 4.21. The molecule has 0 radical (unpaired) electrons. The Balaban J connectivity index is 1.92. The molecular weight excluding hydrogens is 198 g/mol. The second-order valence-electron chi connectivity index (χ2n) is 5.58. The molecule has 1 unspecified atom stereocenters. The van der Waals surface area contributed by atoms with Gasteiger partial charge >= 0.3 is 0 Å². The molecule has 0 aliphatic heterocycles. The van der Waals surface area contributed by atoms with Crippen molar-refractivity contribution < 1.29 is 0 Å². The van der Waals surface area contributed by atoms with Crippen LogP contribution in [0.2, 0.25) is 0 Å². The summed E-state index contributed by atoms with van der Waals surface area (Å²) >= 11 is 0. The van der Waals surface area contributed by atoms with Gasteiger partial charge in [-0.05, 0) is 32.1 Å². The molecule has 3 nitrogen and oxygen atoms in total. The van der Waals surface area contributed by atoms with Crippen molar-refractivity contribution in [2.75, 3.05) is 6.54 Å². The topological polar surface area (TPSA) is 29.9 Å². The van der Waals surface area contributed by atoms with E-state index in [1.165, 1.54) is 30.5 Å². The van der Waals surface area contributed by atoms with Gasteiger partial charge in [-0.25, -0.2) is 0 Å². The highest BCUT2D eigenvalue weighted by Gasteiger charge is 2.31. The van der Waals surface area contributed by atoms with E-state index in [9.17, 15) is 0 Å². The molecule has 1 N–H and O–H groups in total. The largest absolute Gasteiger partial charge is 0.310 e. The minimum Gasteiger partial charge on any atom is -0.310 e. The first-order valence-electron chi connectivity index (χ1n) is 6.24. The van der Waals surface area contributed by atoms with E-state index >= 15 is 0 Å². The van der Waals surface area contributed by atoms with Crippen LogP contribution in [0.5, 0.6) is 0 Å². The predicted molar refractivity (Wildman–Crippen MR) is 66.3 cm³/mol. The van der Waals surface area contributed by atoms with Crippen LogP contribution in [0, 0.1) is 12.3 Å². The van der Waals surface area contributed by atoms with Crippen molar-refractivity contribution in [2.24, 2.45) is 12.5 Å². The van der Waals surface area contributed by atoms with E-state index in [2.05, 4.69) is 31.2 Å². The number of hydrogen-bond acceptors (Lipinski definition) is 2. The second-order valence-corrected chi connectivity index (χ2v) is 5.58. The van der Waals surface area contributed by atoms with Crippen molar-refractivity contribution in [3.05, 3.63) is 17.5 Å². The van der Waals surface area contributed by atoms with Crippen LogP contribution in [0.25, 0.3) is 0 Å². The van der Waals surface area contributed by atoms with Crippen LogP contribution in [0.1, 0.15) is 50.4 Å². The summed E-state index contributed by atoms with van der Waals surface area (Å²) in [5.41, 5.74) is 3.13. The summed E-state index contributed by atoms with van der Waals surface area (Å²) in [4.78, 5) is 0. The Morgan fingerprint density at radius 3 is 2.69 bits per heavy atom. The molecule has 2 rings (SSSR count). The molecule has 90 valence electrons. The Hall–Kier alpha value is -0.830. The number of hydrogen-bond donors (Lipinski definition) is 1. The lowest BCUT2D eigenvalue weighted by Gasteiger charge is -2.39. The van der Waals surface area contributed by atoms with Gasteiger partial charge in [-0.1, -0.05) is 13.3 Å². The molecule has 1 atom stereocenters. The maximum Gasteiger partial charge on any atom is 0.0540 e. The standard InChI is InChI=1S/C13H23N3/c1-10(12-8-15-16(4)11(12)2)14-9-13(3)6-5-7-13/h8,10,14H,5-7,9H2,1-4H3. The first-order chi connectivity index (χ1) is 7.52. The zero-order valence-electron chi connectivity index (χ0n) is 10.9. The van der Waals surface area contributed by atoms with Gasteiger partial charge < -0.3 is 5.32 Å². The molecule has 0 amide bonds. The highest BCUT2D eigenvalue weighted by molar-refractivity contribution is 5.19. The Morgan fingerprint density at radius 2 is 2.25 bits per heavy atom. The van der Waals surface area contributed by atoms with Crippen molar-refractivity contribution in [1.82, 2.24) is 15.1 Å². The molecule has 1 aromatic rings. The average Bonchev–Trinajstić information content (AvgIpc) is 2.54. The van der Waals surface area contributed by atoms with Crippen LogP contribution in [0.3, 0.4) is 0 Å². The summed E-state index contributed by atoms with van der Waals surface area (Å²) in [5.74, 6) is 0. The average molecular weight is 221 g/mol. The predicted octanol–water partition coefficient (Wildman–Crippen LogP) is 2.57. The molecule has 1 heterocycles. The SMILES string of the molecule is Cc1c(C(C)NCC2(C)CCC2)cnn1C. The molecule has 1 aromatic heterocycles. The fraction of sp³-hybridized carbons (Fsp3) is 0.769. The normalized spacial score (nSPS) is 20.5. The number of nitrogens with zero attached hydrogens (tertiary/aromatic N) is 2. The molecule has 1 fully saturated rings. The van der Waals surface area contributed by atoms with Crippen molar-refractivity contribution in [3.8, 4) is 0 Å². The fourth-order valence-corrected chi connectivity index (χ4v) is 2.41. The van der Waals surface area contributed by atoms with E-state index in [4.69, 9.17) is 0 Å². The minimum atomic E-state index is 0.408. The van der Waals surface area contributed by atoms with E-state index in [1.807, 2.05) is 17.9 Å². The third-order valence-corrected chi connectivity index (χ3v) is 4.14. The Labute approximate surface area is 98.2 Å².